The van der Waals surface area contributed by atoms with Crippen molar-refractivity contribution in [3.8, 4) is 17.2 Å². The first-order valence-corrected chi connectivity index (χ1v) is 28.7. The molecule has 5 bridgehead atoms. The minimum Gasteiger partial charge on any atom is -0.507 e. The number of nitrogens with one attached hydrogen (secondary N) is 1. The predicted molar refractivity (Wildman–Crippen MR) is 302 cm³/mol. The number of carboxylic acid groups (broad SMARTS) is 1. The summed E-state index contributed by atoms with van der Waals surface area (Å²) in [7, 11) is 2.81. The third kappa shape index (κ3) is 10.7. The number of fused-ring (bicyclic) bond motifs is 17. The van der Waals surface area contributed by atoms with E-state index >= 15 is 14.0 Å². The number of carbonyl (C=O) groups is 6. The van der Waals surface area contributed by atoms with E-state index in [4.69, 9.17) is 35.2 Å². The summed E-state index contributed by atoms with van der Waals surface area (Å²) in [6.45, 7) is 8.83. The lowest BCUT2D eigenvalue weighted by molar-refractivity contribution is -0.153. The minimum absolute atomic E-state index is 0.0340. The van der Waals surface area contributed by atoms with Crippen LogP contribution in [-0.2, 0) is 23.8 Å². The summed E-state index contributed by atoms with van der Waals surface area (Å²) < 4.78 is 47.9. The van der Waals surface area contributed by atoms with E-state index in [1.807, 2.05) is 4.90 Å². The molecular formula is C60H74FN7O16. The Morgan fingerprint density at radius 1 is 0.893 bits per heavy atom. The maximum Gasteiger partial charge on any atom is 0.341 e. The van der Waals surface area contributed by atoms with E-state index in [9.17, 15) is 44.4 Å². The Balaban J connectivity index is 0.963. The number of aromatic hydroxyl groups is 1. The van der Waals surface area contributed by atoms with Crippen LogP contribution in [0.15, 0.2) is 52.3 Å². The highest BCUT2D eigenvalue weighted by atomic mass is 19.1. The van der Waals surface area contributed by atoms with Gasteiger partial charge in [-0.15, -0.1) is 0 Å². The number of esters is 1. The van der Waals surface area contributed by atoms with E-state index in [0.29, 0.717) is 31.4 Å². The molecular weight excluding hydrogens is 1090 g/mol. The van der Waals surface area contributed by atoms with Crippen molar-refractivity contribution in [2.24, 2.45) is 23.3 Å². The number of phenols is 1. The first-order valence-electron chi connectivity index (χ1n) is 28.7. The van der Waals surface area contributed by atoms with Gasteiger partial charge in [-0.1, -0.05) is 25.2 Å². The lowest BCUT2D eigenvalue weighted by Crippen LogP contribution is -2.59. The number of ketones is 3. The van der Waals surface area contributed by atoms with Crippen LogP contribution < -0.4 is 36.6 Å². The molecule has 8 aliphatic rings. The summed E-state index contributed by atoms with van der Waals surface area (Å²) >= 11 is 0. The van der Waals surface area contributed by atoms with Crippen molar-refractivity contribution in [2.75, 3.05) is 58.5 Å². The van der Waals surface area contributed by atoms with E-state index < -0.39 is 123 Å². The highest BCUT2D eigenvalue weighted by Crippen LogP contribution is 2.50. The van der Waals surface area contributed by atoms with Crippen LogP contribution in [0.3, 0.4) is 0 Å². The van der Waals surface area contributed by atoms with Gasteiger partial charge in [0, 0.05) is 94.9 Å². The molecule has 1 saturated carbocycles. The molecule has 4 fully saturated rings. The molecule has 1 aromatic heterocycles. The predicted octanol–water partition coefficient (Wildman–Crippen LogP) is 3.53. The van der Waals surface area contributed by atoms with Gasteiger partial charge in [0.1, 0.15) is 40.2 Å². The number of aromatic nitrogens is 1. The number of aliphatic hydroxyl groups excluding tert-OH is 2. The van der Waals surface area contributed by atoms with Crippen molar-refractivity contribution in [3.05, 3.63) is 91.3 Å². The quantitative estimate of drug-likeness (QED) is 0.159. The molecule has 6 aliphatic heterocycles. The van der Waals surface area contributed by atoms with Crippen LogP contribution in [0.4, 0.5) is 10.1 Å². The summed E-state index contributed by atoms with van der Waals surface area (Å²) in [6.07, 6.45) is 5.00. The van der Waals surface area contributed by atoms with Gasteiger partial charge in [-0.2, -0.15) is 0 Å². The molecule has 452 valence electrons. The normalized spacial score (nSPS) is 30.5. The first-order chi connectivity index (χ1) is 39.9. The fourth-order valence-corrected chi connectivity index (χ4v) is 13.4. The molecule has 2 aromatic carbocycles. The Morgan fingerprint density at radius 2 is 1.61 bits per heavy atom. The fraction of sp³-hybridized carbons (Fsp3) is 0.550. The zero-order valence-electron chi connectivity index (χ0n) is 48.1. The lowest BCUT2D eigenvalue weighted by Gasteiger charge is -2.46. The van der Waals surface area contributed by atoms with Crippen LogP contribution in [0.5, 0.6) is 17.2 Å². The summed E-state index contributed by atoms with van der Waals surface area (Å²) in [5.74, 6) is -9.55. The van der Waals surface area contributed by atoms with Crippen LogP contribution in [0, 0.1) is 24.6 Å². The molecule has 9 N–H and O–H groups in total. The molecule has 0 spiro atoms. The largest absolute Gasteiger partial charge is 0.507 e. The number of Topliss-reactive ketones (excluding diaryl/α,β-unsaturated/α-hetero) is 3. The number of anilines is 1. The average Bonchev–Trinajstić information content (AvgIpc) is 1.48. The number of methoxy groups -OCH3 is 2. The Bertz CT molecular complexity index is 3380. The Kier molecular flexibility index (Phi) is 16.8. The van der Waals surface area contributed by atoms with Crippen LogP contribution in [0.2, 0.25) is 0 Å². The molecule has 0 radical (unpaired) electrons. The van der Waals surface area contributed by atoms with E-state index in [-0.39, 0.29) is 102 Å². The number of piperidine rings is 2. The average molecular weight is 1170 g/mol. The number of halogens is 1. The first kappa shape index (κ1) is 60.1. The lowest BCUT2D eigenvalue weighted by atomic mass is 9.81. The number of nitrogens with two attached hydrogens (primary N) is 2. The second-order valence-electron chi connectivity index (χ2n) is 23.5. The Labute approximate surface area is 483 Å². The van der Waals surface area contributed by atoms with Crippen LogP contribution in [0.1, 0.15) is 132 Å². The van der Waals surface area contributed by atoms with Crippen molar-refractivity contribution in [2.45, 2.75) is 146 Å². The summed E-state index contributed by atoms with van der Waals surface area (Å²) in [5, 5.41) is 47.1. The molecule has 1 amide bonds. The van der Waals surface area contributed by atoms with Crippen molar-refractivity contribution < 1.29 is 77.3 Å². The number of pyridine rings is 1. The smallest absolute Gasteiger partial charge is 0.341 e. The highest BCUT2D eigenvalue weighted by molar-refractivity contribution is 6.32. The van der Waals surface area contributed by atoms with Crippen LogP contribution in [0.25, 0.3) is 10.9 Å². The number of aromatic carboxylic acids is 1. The van der Waals surface area contributed by atoms with Crippen molar-refractivity contribution in [3.63, 3.8) is 0 Å². The number of benzene rings is 2. The third-order valence-electron chi connectivity index (χ3n) is 18.2. The van der Waals surface area contributed by atoms with Crippen LogP contribution in [-0.4, -0.2) is 178 Å². The Hall–Kier alpha value is -7.06. The number of carboxylic acids is 1. The van der Waals surface area contributed by atoms with Crippen LogP contribution >= 0.6 is 0 Å². The second kappa shape index (κ2) is 23.4. The number of rotatable bonds is 8. The van der Waals surface area contributed by atoms with Gasteiger partial charge in [0.2, 0.25) is 22.8 Å². The zero-order chi connectivity index (χ0) is 60.5. The van der Waals surface area contributed by atoms with E-state index in [1.165, 1.54) is 66.3 Å². The van der Waals surface area contributed by atoms with Gasteiger partial charge in [0.25, 0.3) is 11.7 Å². The van der Waals surface area contributed by atoms with Gasteiger partial charge >= 0.3 is 11.9 Å². The number of amides is 1. The maximum absolute atomic E-state index is 16.6. The molecule has 3 aromatic rings. The summed E-state index contributed by atoms with van der Waals surface area (Å²) in [4.78, 5) is 104. The van der Waals surface area contributed by atoms with Gasteiger partial charge in [-0.25, -0.2) is 9.18 Å². The summed E-state index contributed by atoms with van der Waals surface area (Å²) in [5.41, 5.74) is 10.4. The SMILES string of the molecule is COc1c(N2CC3CCCN(C4CCN(C5=C6NC(=O)/C(C)=C\C=C\[C@H](C)[C@H](O)[C@@H](N)[C@@H](O)[C@@H](N)[C@H](OC(C)=O)C[C@@H](OC)CCO[C@@]7(C)Oc8c(C)c(O)c(c(c8C7=O)C5=O)C6=O)CC4)C3C2)c(F)cc2c(=O)c(C(=O)O)cn(C3CC3)c12. The topological polar surface area (TPSA) is 325 Å². The number of aliphatic hydroxyl groups is 2. The van der Waals surface area contributed by atoms with Crippen molar-refractivity contribution in [1.82, 2.24) is 19.7 Å². The minimum atomic E-state index is -2.10. The summed E-state index contributed by atoms with van der Waals surface area (Å²) in [6, 6.07) is -1.69. The molecule has 11 rings (SSSR count). The highest BCUT2D eigenvalue weighted by Gasteiger charge is 2.54. The molecule has 10 atom stereocenters. The number of hydrogen-bond acceptors (Lipinski definition) is 20. The fourth-order valence-electron chi connectivity index (χ4n) is 13.4. The number of nitrogens with zero attached hydrogens (tertiary/aromatic N) is 4. The Morgan fingerprint density at radius 3 is 2.26 bits per heavy atom. The molecule has 84 heavy (non-hydrogen) atoms. The molecule has 7 heterocycles. The van der Waals surface area contributed by atoms with E-state index in [2.05, 4.69) is 10.2 Å². The zero-order valence-corrected chi connectivity index (χ0v) is 48.1. The monoisotopic (exact) mass is 1170 g/mol. The van der Waals surface area contributed by atoms with E-state index in [1.54, 1.807) is 16.4 Å². The molecule has 23 nitrogen and oxygen atoms in total. The number of likely N-dealkylation sites (tertiary alicyclic amines) is 2. The number of phenolic OH excluding ortho intramolecular Hbond substituents is 1. The number of allylic oxidation sites excluding steroid dienone is 4. The van der Waals surface area contributed by atoms with E-state index in [0.717, 1.165) is 38.3 Å². The molecule has 3 saturated heterocycles. The number of carbonyl (C=O) groups excluding carboxylic acids is 5. The van der Waals surface area contributed by atoms with Crippen molar-refractivity contribution in [1.29, 1.82) is 0 Å². The molecule has 2 aliphatic carbocycles. The standard InChI is InChI=1S/C60H74FN7O16/c1-27-10-8-11-28(2)58(77)64-45-48(53(74)40-41(52(45)73)50(71)29(3)55-42(40)57(76)60(5,84-55)82-21-17-34(80-6)22-39(83-30(4)69)43(62)54(75)44(63)49(27)70)65-19-15-33(16-20-65)67-18-9-12-31-24-66(26-38(31)67)47-37(61)23-35-46(56(47)81-7)68(32-13-14-32)25-36(51(35)72)59(78)79/h8,10-11,23,25,27,31-34,38-39,43-44,49,54,70-71,75H,9,12-22,24,26,62-63H2,1-7H3,(H,64,77)(H,78,79)/b10-8+,28-11-/t27-,31?,34-,38?,39+,43-,44+,49-,54-,60-/m0/s1. The maximum atomic E-state index is 16.6. The van der Waals surface area contributed by atoms with Gasteiger partial charge in [0.15, 0.2) is 11.6 Å². The second-order valence-corrected chi connectivity index (χ2v) is 23.5. The number of ether oxygens (including phenoxy) is 5. The van der Waals surface area contributed by atoms with Gasteiger partial charge in [-0.05, 0) is 77.3 Å². The van der Waals surface area contributed by atoms with Crippen molar-refractivity contribution >= 4 is 51.8 Å². The van der Waals surface area contributed by atoms with Gasteiger partial charge in [-0.3, -0.25) is 33.7 Å². The third-order valence-corrected chi connectivity index (χ3v) is 18.2. The molecule has 24 heteroatoms. The molecule has 2 unspecified atom stereocenters. The van der Waals surface area contributed by atoms with Gasteiger partial charge < -0.3 is 75.3 Å². The van der Waals surface area contributed by atoms with Gasteiger partial charge in [0.05, 0.1) is 71.7 Å². The number of hydrogen-bond donors (Lipinski definition) is 7.